The Hall–Kier alpha value is -2.82. The van der Waals surface area contributed by atoms with Gasteiger partial charge in [0.2, 0.25) is 5.88 Å². The van der Waals surface area contributed by atoms with Gasteiger partial charge in [-0.2, -0.15) is 5.10 Å². The maximum absolute atomic E-state index is 6.23. The fraction of sp³-hybridized carbons (Fsp3) is 0.300. The summed E-state index contributed by atoms with van der Waals surface area (Å²) >= 11 is 3.60. The smallest absolute Gasteiger partial charge is 0.224 e. The minimum atomic E-state index is -0.182. The molecular weight excluding hydrogens is 448 g/mol. The minimum Gasteiger partial charge on any atom is -0.457 e. The molecule has 0 spiro atoms. The Balaban J connectivity index is 1.59. The number of nitrogens with one attached hydrogen (secondary N) is 2. The summed E-state index contributed by atoms with van der Waals surface area (Å²) in [5, 5.41) is 9.11. The highest BCUT2D eigenvalue weighted by atomic mass is 79.9. The average Bonchev–Trinajstić information content (AvgIpc) is 3.45. The van der Waals surface area contributed by atoms with Gasteiger partial charge in [-0.3, -0.25) is 10.1 Å². The molecule has 0 amide bonds. The summed E-state index contributed by atoms with van der Waals surface area (Å²) in [5.74, 6) is 1.38. The summed E-state index contributed by atoms with van der Waals surface area (Å²) in [7, 11) is 1.93. The topological polar surface area (TPSA) is 94.2 Å². The zero-order chi connectivity index (χ0) is 20.4. The van der Waals surface area contributed by atoms with E-state index >= 15 is 0 Å². The highest BCUT2D eigenvalue weighted by molar-refractivity contribution is 9.10. The van der Waals surface area contributed by atoms with Gasteiger partial charge in [-0.1, -0.05) is 28.1 Å². The fourth-order valence-corrected chi connectivity index (χ4v) is 4.99. The number of hydrogen-bond acceptors (Lipinski definition) is 7. The van der Waals surface area contributed by atoms with E-state index in [1.807, 2.05) is 42.2 Å². The van der Waals surface area contributed by atoms with E-state index in [4.69, 9.17) is 14.8 Å². The SMILES string of the molecule is CC1NNC2Oc3ncn4nc(-c5ccccc5Br)nc4c3C(c3cnn(C)c3)C12. The Morgan fingerprint density at radius 3 is 2.87 bits per heavy atom. The van der Waals surface area contributed by atoms with Crippen molar-refractivity contribution in [3.63, 3.8) is 0 Å². The highest BCUT2D eigenvalue weighted by Crippen LogP contribution is 2.46. The summed E-state index contributed by atoms with van der Waals surface area (Å²) in [6.07, 6.45) is 5.44. The van der Waals surface area contributed by atoms with Crippen LogP contribution in [0.5, 0.6) is 5.88 Å². The predicted molar refractivity (Wildman–Crippen MR) is 113 cm³/mol. The van der Waals surface area contributed by atoms with Crippen molar-refractivity contribution >= 4 is 21.6 Å². The van der Waals surface area contributed by atoms with Crippen LogP contribution in [-0.4, -0.2) is 41.6 Å². The zero-order valence-corrected chi connectivity index (χ0v) is 17.9. The van der Waals surface area contributed by atoms with Gasteiger partial charge in [0, 0.05) is 41.2 Å². The van der Waals surface area contributed by atoms with Crippen molar-refractivity contribution in [1.29, 1.82) is 0 Å². The third-order valence-corrected chi connectivity index (χ3v) is 6.59. The van der Waals surface area contributed by atoms with Crippen LogP contribution in [0.1, 0.15) is 24.0 Å². The Morgan fingerprint density at radius 1 is 1.20 bits per heavy atom. The highest BCUT2D eigenvalue weighted by Gasteiger charge is 2.48. The first-order valence-electron chi connectivity index (χ1n) is 9.76. The van der Waals surface area contributed by atoms with Crippen LogP contribution in [0.4, 0.5) is 0 Å². The largest absolute Gasteiger partial charge is 0.457 e. The van der Waals surface area contributed by atoms with Crippen molar-refractivity contribution < 1.29 is 4.74 Å². The Labute approximate surface area is 180 Å². The second kappa shape index (κ2) is 6.59. The van der Waals surface area contributed by atoms with Gasteiger partial charge in [0.1, 0.15) is 6.33 Å². The predicted octanol–water partition coefficient (Wildman–Crippen LogP) is 2.25. The number of nitrogens with zero attached hydrogens (tertiary/aromatic N) is 6. The molecule has 30 heavy (non-hydrogen) atoms. The molecule has 1 aromatic carbocycles. The number of aromatic nitrogens is 6. The second-order valence-corrected chi connectivity index (χ2v) is 8.62. The molecule has 5 heterocycles. The van der Waals surface area contributed by atoms with E-state index in [0.29, 0.717) is 11.7 Å². The summed E-state index contributed by atoms with van der Waals surface area (Å²) in [5.41, 5.74) is 10.3. The number of hydrazine groups is 1. The van der Waals surface area contributed by atoms with Crippen LogP contribution in [-0.2, 0) is 7.05 Å². The standard InChI is InChI=1S/C20H19BrN8O/c1-10-14-15(11-7-23-28(2)8-11)16-18-24-17(12-5-3-4-6-13(12)21)27-29(18)9-22-19(16)30-20(14)26-25-10/h3-10,14-15,20,25-26H,1-2H3. The number of ether oxygens (including phenoxy) is 1. The van der Waals surface area contributed by atoms with Crippen LogP contribution in [0, 0.1) is 5.92 Å². The number of hydrogen-bond donors (Lipinski definition) is 2. The van der Waals surface area contributed by atoms with Gasteiger partial charge >= 0.3 is 0 Å². The normalized spacial score (nSPS) is 25.2. The lowest BCUT2D eigenvalue weighted by molar-refractivity contribution is 0.0969. The Morgan fingerprint density at radius 2 is 2.07 bits per heavy atom. The summed E-state index contributed by atoms with van der Waals surface area (Å²) in [4.78, 5) is 9.49. The number of halogens is 1. The molecule has 6 rings (SSSR count). The van der Waals surface area contributed by atoms with Gasteiger partial charge in [-0.15, -0.1) is 5.10 Å². The third-order valence-electron chi connectivity index (χ3n) is 5.90. The summed E-state index contributed by atoms with van der Waals surface area (Å²) < 4.78 is 10.7. The molecule has 0 aliphatic carbocycles. The van der Waals surface area contributed by atoms with Crippen LogP contribution < -0.4 is 15.6 Å². The molecule has 4 aromatic rings. The van der Waals surface area contributed by atoms with E-state index < -0.39 is 0 Å². The maximum atomic E-state index is 6.23. The number of rotatable bonds is 2. The summed E-state index contributed by atoms with van der Waals surface area (Å²) in [6.45, 7) is 2.15. The molecule has 152 valence electrons. The molecule has 1 saturated heterocycles. The first-order valence-corrected chi connectivity index (χ1v) is 10.6. The lowest BCUT2D eigenvalue weighted by Crippen LogP contribution is -2.42. The van der Waals surface area contributed by atoms with Crippen LogP contribution in [0.2, 0.25) is 0 Å². The van der Waals surface area contributed by atoms with E-state index in [2.05, 4.69) is 50.0 Å². The zero-order valence-electron chi connectivity index (χ0n) is 16.3. The number of benzene rings is 1. The molecule has 10 heteroatoms. The van der Waals surface area contributed by atoms with Crippen LogP contribution >= 0.6 is 15.9 Å². The van der Waals surface area contributed by atoms with Crippen molar-refractivity contribution in [2.45, 2.75) is 25.1 Å². The van der Waals surface area contributed by atoms with Gasteiger partial charge in [0.05, 0.1) is 11.8 Å². The van der Waals surface area contributed by atoms with Gasteiger partial charge in [0.25, 0.3) is 0 Å². The number of fused-ring (bicyclic) bond motifs is 4. The Kier molecular flexibility index (Phi) is 3.95. The molecular formula is C20H19BrN8O. The maximum Gasteiger partial charge on any atom is 0.224 e. The second-order valence-electron chi connectivity index (χ2n) is 7.76. The van der Waals surface area contributed by atoms with E-state index in [0.717, 1.165) is 26.8 Å². The minimum absolute atomic E-state index is 0.0115. The Bertz CT molecular complexity index is 1270. The molecule has 2 aliphatic heterocycles. The molecule has 2 N–H and O–H groups in total. The van der Waals surface area contributed by atoms with Crippen molar-refractivity contribution in [3.05, 3.63) is 58.6 Å². The van der Waals surface area contributed by atoms with Gasteiger partial charge in [-0.25, -0.2) is 19.9 Å². The van der Waals surface area contributed by atoms with E-state index in [9.17, 15) is 0 Å². The summed E-state index contributed by atoms with van der Waals surface area (Å²) in [6, 6.07) is 8.12. The van der Waals surface area contributed by atoms with E-state index in [1.165, 1.54) is 0 Å². The molecule has 0 saturated carbocycles. The van der Waals surface area contributed by atoms with Gasteiger partial charge in [0.15, 0.2) is 17.7 Å². The quantitative estimate of drug-likeness (QED) is 0.467. The third kappa shape index (κ3) is 2.60. The molecule has 0 radical (unpaired) electrons. The fourth-order valence-electron chi connectivity index (χ4n) is 4.52. The van der Waals surface area contributed by atoms with Gasteiger partial charge in [-0.05, 0) is 24.6 Å². The van der Waals surface area contributed by atoms with Gasteiger partial charge < -0.3 is 4.74 Å². The molecule has 9 nitrogen and oxygen atoms in total. The van der Waals surface area contributed by atoms with E-state index in [1.54, 1.807) is 10.8 Å². The van der Waals surface area contributed by atoms with Crippen molar-refractivity contribution in [1.82, 2.24) is 40.2 Å². The molecule has 4 unspecified atom stereocenters. The molecule has 3 aromatic heterocycles. The lowest BCUT2D eigenvalue weighted by Gasteiger charge is -2.35. The molecule has 4 atom stereocenters. The van der Waals surface area contributed by atoms with Crippen molar-refractivity contribution in [2.75, 3.05) is 0 Å². The molecule has 0 bridgehead atoms. The van der Waals surface area contributed by atoms with Crippen LogP contribution in [0.3, 0.4) is 0 Å². The van der Waals surface area contributed by atoms with Crippen molar-refractivity contribution in [3.8, 4) is 17.3 Å². The van der Waals surface area contributed by atoms with E-state index in [-0.39, 0.29) is 24.1 Å². The first-order chi connectivity index (χ1) is 14.6. The van der Waals surface area contributed by atoms with Crippen molar-refractivity contribution in [2.24, 2.45) is 13.0 Å². The monoisotopic (exact) mass is 466 g/mol. The molecule has 2 aliphatic rings. The molecule has 1 fully saturated rings. The van der Waals surface area contributed by atoms with Crippen LogP contribution in [0.15, 0.2) is 47.5 Å². The number of aryl methyl sites for hydroxylation is 1. The lowest BCUT2D eigenvalue weighted by atomic mass is 9.77. The first kappa shape index (κ1) is 18.0. The van der Waals surface area contributed by atoms with Crippen LogP contribution in [0.25, 0.3) is 17.0 Å². The average molecular weight is 467 g/mol.